The van der Waals surface area contributed by atoms with Crippen molar-refractivity contribution in [3.63, 3.8) is 0 Å². The molecule has 4 aliphatic rings. The maximum absolute atomic E-state index is 11.4. The van der Waals surface area contributed by atoms with Crippen molar-refractivity contribution in [1.29, 1.82) is 0 Å². The van der Waals surface area contributed by atoms with Crippen LogP contribution >= 0.6 is 0 Å². The van der Waals surface area contributed by atoms with Crippen LogP contribution in [0, 0.1) is 0 Å². The van der Waals surface area contributed by atoms with E-state index in [0.29, 0.717) is 0 Å². The van der Waals surface area contributed by atoms with E-state index in [4.69, 9.17) is 0 Å². The minimum atomic E-state index is -0.469. The summed E-state index contributed by atoms with van der Waals surface area (Å²) in [4.78, 5) is 30.6. The van der Waals surface area contributed by atoms with E-state index in [1.807, 2.05) is 24.8 Å². The Morgan fingerprint density at radius 2 is 0.830 bits per heavy atom. The molecule has 2 aromatic heterocycles. The second-order valence-electron chi connectivity index (χ2n) is 8.55. The fourth-order valence-corrected chi connectivity index (χ4v) is 3.64. The summed E-state index contributed by atoms with van der Waals surface area (Å²) in [5.41, 5.74) is 2.03. The second kappa shape index (κ2) is 21.5. The van der Waals surface area contributed by atoms with Crippen molar-refractivity contribution < 1.29 is 60.1 Å². The minimum absolute atomic E-state index is 0. The van der Waals surface area contributed by atoms with Gasteiger partial charge in [0, 0.05) is 53.0 Å². The van der Waals surface area contributed by atoms with Crippen LogP contribution in [0.4, 0.5) is 0 Å². The third-order valence-corrected chi connectivity index (χ3v) is 5.99. The van der Waals surface area contributed by atoms with Gasteiger partial charge >= 0.3 is 28.4 Å². The Labute approximate surface area is 276 Å². The van der Waals surface area contributed by atoms with Gasteiger partial charge in [0.15, 0.2) is 11.6 Å². The molecule has 18 N–H and O–H groups in total. The van der Waals surface area contributed by atoms with Gasteiger partial charge in [0.2, 0.25) is 0 Å². The van der Waals surface area contributed by atoms with Crippen LogP contribution in [-0.4, -0.2) is 59.1 Å². The molecule has 259 valence electrons. The molecule has 0 aromatic carbocycles. The van der Waals surface area contributed by atoms with Gasteiger partial charge in [-0.3, -0.25) is 19.1 Å². The number of pyridine rings is 2. The summed E-state index contributed by atoms with van der Waals surface area (Å²) in [5.74, 6) is -0.507. The van der Waals surface area contributed by atoms with Crippen molar-refractivity contribution in [2.75, 3.05) is 0 Å². The van der Waals surface area contributed by atoms with Crippen molar-refractivity contribution in [2.24, 2.45) is 28.2 Å². The van der Waals surface area contributed by atoms with E-state index in [0.717, 1.165) is 22.0 Å². The molecular weight excluding hydrogens is 671 g/mol. The first-order valence-electron chi connectivity index (χ1n) is 11.8. The number of aryl methyl sites for hydroxylation is 2. The topological polar surface area (TPSA) is 401 Å². The van der Waals surface area contributed by atoms with Gasteiger partial charge in [-0.2, -0.15) is 0 Å². The SMILES string of the molecule is Cn1c2nnnc-2c([O-])n(C)c1=O.Cn1c2nnnc-2c([O-])n(C)c1=O.[Mn+2].[OH3+].[OH3+].[OH3+].[OH3+].[OH3+].[OH3+].c1cc(CCc2ccncc2)ccn1. The molecule has 22 nitrogen and oxygen atoms in total. The fourth-order valence-electron chi connectivity index (χ4n) is 3.64. The number of nitrogens with zero attached hydrogens (tertiary/aromatic N) is 12. The van der Waals surface area contributed by atoms with Crippen LogP contribution in [0.1, 0.15) is 11.1 Å². The molecule has 0 aliphatic carbocycles. The number of hydrogen-bond acceptors (Lipinski definition) is 12. The second-order valence-corrected chi connectivity index (χ2v) is 8.55. The molecule has 23 heteroatoms. The molecule has 0 bridgehead atoms. The maximum atomic E-state index is 11.4. The summed E-state index contributed by atoms with van der Waals surface area (Å²) in [5, 5.41) is 43.6. The Morgan fingerprint density at radius 3 is 1.13 bits per heavy atom. The summed E-state index contributed by atoms with van der Waals surface area (Å²) in [7, 11) is 5.80. The van der Waals surface area contributed by atoms with E-state index < -0.39 is 23.1 Å². The van der Waals surface area contributed by atoms with Crippen molar-refractivity contribution in [1.82, 2.24) is 59.1 Å². The van der Waals surface area contributed by atoms with E-state index in [-0.39, 0.29) is 73.0 Å². The minimum Gasteiger partial charge on any atom is -0.858 e. The normalized spacial score (nSPS) is 9.02. The van der Waals surface area contributed by atoms with Crippen molar-refractivity contribution in [3.8, 4) is 34.8 Å². The Kier molecular flexibility index (Phi) is 22.2. The summed E-state index contributed by atoms with van der Waals surface area (Å²) in [6.45, 7) is 0. The number of fused-ring (bicyclic) bond motifs is 2. The predicted octanol–water partition coefficient (Wildman–Crippen LogP) is -7.10. The molecule has 47 heavy (non-hydrogen) atoms. The molecule has 2 aromatic rings. The van der Waals surface area contributed by atoms with E-state index >= 15 is 0 Å². The van der Waals surface area contributed by atoms with Gasteiger partial charge in [0.25, 0.3) is 0 Å². The molecule has 1 radical (unpaired) electrons. The van der Waals surface area contributed by atoms with Crippen LogP contribution in [0.3, 0.4) is 0 Å². The van der Waals surface area contributed by atoms with E-state index in [9.17, 15) is 19.8 Å². The first-order chi connectivity index (χ1) is 19.2. The third kappa shape index (κ3) is 10.7. The van der Waals surface area contributed by atoms with Crippen LogP contribution in [0.5, 0.6) is 11.8 Å². The Hall–Kier alpha value is -5.26. The zero-order chi connectivity index (χ0) is 28.8. The standard InChI is InChI=1S/C12H12N2.2C6H7N5O2.Mn.6H2O/c1(11-3-7-13-8-4-11)2-12-5-9-14-10-6-12;2*1-10-4-3(7-9-8-4)5(12)11(2)6(10)13;;;;;;;/h3-10H,1-2H2;2*12H,1-2H3;;6*1H2/q;;;+2;;;;;;/p+4. The van der Waals surface area contributed by atoms with Crippen LogP contribution < -0.4 is 21.6 Å². The first kappa shape index (κ1) is 48.6. The molecule has 0 unspecified atom stereocenters. The Morgan fingerprint density at radius 1 is 0.532 bits per heavy atom. The summed E-state index contributed by atoms with van der Waals surface area (Å²) >= 11 is 0. The molecule has 0 saturated heterocycles. The quantitative estimate of drug-likeness (QED) is 0.122. The van der Waals surface area contributed by atoms with Crippen LogP contribution in [0.2, 0.25) is 0 Å². The predicted molar refractivity (Wildman–Crippen MR) is 165 cm³/mol. The Balaban J connectivity index is -0.000000275. The molecule has 4 aliphatic heterocycles. The summed E-state index contributed by atoms with van der Waals surface area (Å²) in [6, 6.07) is 8.23. The van der Waals surface area contributed by atoms with E-state index in [1.54, 1.807) is 0 Å². The zero-order valence-corrected chi connectivity index (χ0v) is 27.1. The van der Waals surface area contributed by atoms with Crippen molar-refractivity contribution in [2.45, 2.75) is 12.8 Å². The van der Waals surface area contributed by atoms with Gasteiger partial charge in [-0.15, -0.1) is 20.4 Å². The van der Waals surface area contributed by atoms with Crippen molar-refractivity contribution >= 4 is 0 Å². The monoisotopic (exact) mass is 713 g/mol. The fraction of sp³-hybridized carbons (Fsp3) is 0.250. The van der Waals surface area contributed by atoms with Gasteiger partial charge in [-0.1, -0.05) is 0 Å². The molecular formula is C24H42MnN12O10+6. The molecule has 0 amide bonds. The third-order valence-electron chi connectivity index (χ3n) is 5.99. The van der Waals surface area contributed by atoms with Gasteiger partial charge in [-0.05, 0) is 70.4 Å². The van der Waals surface area contributed by atoms with Crippen molar-refractivity contribution in [3.05, 3.63) is 81.1 Å². The zero-order valence-electron chi connectivity index (χ0n) is 25.9. The smallest absolute Gasteiger partial charge is 0.858 e. The first-order valence-corrected chi connectivity index (χ1v) is 11.8. The van der Waals surface area contributed by atoms with Gasteiger partial charge in [0.05, 0.1) is 0 Å². The van der Waals surface area contributed by atoms with Gasteiger partial charge < -0.3 is 52.2 Å². The van der Waals surface area contributed by atoms with Crippen LogP contribution in [-0.2, 0) is 91.0 Å². The number of aromatic nitrogens is 12. The number of hydrogen-bond donors (Lipinski definition) is 0. The Bertz CT molecular complexity index is 1650. The molecule has 0 spiro atoms. The van der Waals surface area contributed by atoms with Crippen LogP contribution in [0.15, 0.2) is 58.6 Å². The molecule has 0 fully saturated rings. The number of rotatable bonds is 3. The van der Waals surface area contributed by atoms with E-state index in [2.05, 4.69) is 65.1 Å². The van der Waals surface area contributed by atoms with E-state index in [1.165, 1.54) is 48.5 Å². The molecule has 0 atom stereocenters. The largest absolute Gasteiger partial charge is 2.00 e. The van der Waals surface area contributed by atoms with Gasteiger partial charge in [-0.25, -0.2) is 9.59 Å². The maximum Gasteiger partial charge on any atom is 2.00 e. The van der Waals surface area contributed by atoms with Crippen LogP contribution in [0.25, 0.3) is 23.0 Å². The average molecular weight is 714 g/mol. The summed E-state index contributed by atoms with van der Waals surface area (Å²) in [6.07, 6.45) is 9.46. The van der Waals surface area contributed by atoms with Gasteiger partial charge in [0.1, 0.15) is 11.4 Å². The summed E-state index contributed by atoms with van der Waals surface area (Å²) < 4.78 is 4.41. The molecule has 0 saturated carbocycles. The molecule has 6 rings (SSSR count). The average Bonchev–Trinajstić information content (AvgIpc) is 3.69. The molecule has 6 heterocycles.